The molecule has 1 amide bonds. The summed E-state index contributed by atoms with van der Waals surface area (Å²) in [5.74, 6) is 0.125. The van der Waals surface area contributed by atoms with Gasteiger partial charge in [-0.25, -0.2) is 8.42 Å². The molecule has 2 rings (SSSR count). The van der Waals surface area contributed by atoms with Gasteiger partial charge >= 0.3 is 0 Å². The number of carbonyl (C=O) groups excluding carboxylic acids is 1. The smallest absolute Gasteiger partial charge is 0.241 e. The molecular formula is C17H21N3O4S. The lowest BCUT2D eigenvalue weighted by atomic mass is 10.3. The van der Waals surface area contributed by atoms with Crippen LogP contribution in [0.1, 0.15) is 12.6 Å². The Morgan fingerprint density at radius 1 is 1.24 bits per heavy atom. The number of sulfonamides is 1. The fourth-order valence-electron chi connectivity index (χ4n) is 2.17. The van der Waals surface area contributed by atoms with E-state index in [1.54, 1.807) is 42.6 Å². The molecule has 0 aliphatic heterocycles. The van der Waals surface area contributed by atoms with Gasteiger partial charge in [-0.3, -0.25) is 14.1 Å². The summed E-state index contributed by atoms with van der Waals surface area (Å²) in [6.07, 6.45) is 2.69. The fraction of sp³-hybridized carbons (Fsp3) is 0.294. The second-order valence-electron chi connectivity index (χ2n) is 5.30. The van der Waals surface area contributed by atoms with Crippen LogP contribution in [0.2, 0.25) is 0 Å². The van der Waals surface area contributed by atoms with Crippen LogP contribution in [-0.2, 0) is 21.4 Å². The zero-order valence-electron chi connectivity index (χ0n) is 14.2. The van der Waals surface area contributed by atoms with Gasteiger partial charge in [-0.2, -0.15) is 0 Å². The Hall–Kier alpha value is -2.61. The van der Waals surface area contributed by atoms with Crippen molar-refractivity contribution in [2.45, 2.75) is 13.5 Å². The summed E-state index contributed by atoms with van der Waals surface area (Å²) in [6.45, 7) is 2.22. The molecule has 0 unspecified atom stereocenters. The minimum atomic E-state index is -3.63. The molecule has 1 heterocycles. The summed E-state index contributed by atoms with van der Waals surface area (Å²) in [7, 11) is -3.63. The maximum absolute atomic E-state index is 12.2. The zero-order chi connectivity index (χ0) is 18.3. The van der Waals surface area contributed by atoms with Gasteiger partial charge in [0.1, 0.15) is 12.3 Å². The van der Waals surface area contributed by atoms with Gasteiger partial charge in [-0.05, 0) is 31.2 Å². The number of ether oxygens (including phenoxy) is 1. The van der Waals surface area contributed by atoms with E-state index in [1.165, 1.54) is 0 Å². The van der Waals surface area contributed by atoms with Crippen molar-refractivity contribution in [3.8, 4) is 5.75 Å². The van der Waals surface area contributed by atoms with E-state index in [2.05, 4.69) is 10.3 Å². The monoisotopic (exact) mass is 363 g/mol. The molecule has 0 spiro atoms. The lowest BCUT2D eigenvalue weighted by molar-refractivity contribution is -0.119. The fourth-order valence-corrected chi connectivity index (χ4v) is 3.02. The van der Waals surface area contributed by atoms with Gasteiger partial charge < -0.3 is 10.1 Å². The Kier molecular flexibility index (Phi) is 6.35. The van der Waals surface area contributed by atoms with Crippen LogP contribution in [0.5, 0.6) is 5.75 Å². The minimum Gasteiger partial charge on any atom is -0.494 e. The predicted octanol–water partition coefficient (Wildman–Crippen LogP) is 1.56. The van der Waals surface area contributed by atoms with E-state index in [-0.39, 0.29) is 13.1 Å². The molecule has 7 nitrogen and oxygen atoms in total. The molecule has 134 valence electrons. The second-order valence-corrected chi connectivity index (χ2v) is 7.20. The Bertz CT molecular complexity index is 810. The van der Waals surface area contributed by atoms with Gasteiger partial charge in [-0.1, -0.05) is 12.1 Å². The third-order valence-electron chi connectivity index (χ3n) is 3.30. The van der Waals surface area contributed by atoms with Gasteiger partial charge in [0.05, 0.1) is 30.8 Å². The van der Waals surface area contributed by atoms with Crippen LogP contribution < -0.4 is 14.4 Å². The van der Waals surface area contributed by atoms with Gasteiger partial charge in [0.15, 0.2) is 0 Å². The van der Waals surface area contributed by atoms with E-state index in [4.69, 9.17) is 4.74 Å². The summed E-state index contributed by atoms with van der Waals surface area (Å²) in [6, 6.07) is 12.0. The number of aromatic nitrogens is 1. The van der Waals surface area contributed by atoms with Crippen molar-refractivity contribution >= 4 is 21.6 Å². The lowest BCUT2D eigenvalue weighted by Gasteiger charge is -2.22. The van der Waals surface area contributed by atoms with Crippen LogP contribution in [0, 0.1) is 0 Å². The average molecular weight is 363 g/mol. The van der Waals surface area contributed by atoms with Crippen LogP contribution in [0.15, 0.2) is 48.7 Å². The van der Waals surface area contributed by atoms with Crippen molar-refractivity contribution in [2.75, 3.05) is 23.7 Å². The van der Waals surface area contributed by atoms with Crippen LogP contribution >= 0.6 is 0 Å². The van der Waals surface area contributed by atoms with Gasteiger partial charge in [0.2, 0.25) is 15.9 Å². The molecule has 25 heavy (non-hydrogen) atoms. The largest absolute Gasteiger partial charge is 0.494 e. The summed E-state index contributed by atoms with van der Waals surface area (Å²) in [5, 5.41) is 2.67. The molecule has 0 aliphatic carbocycles. The molecule has 0 radical (unpaired) electrons. The van der Waals surface area contributed by atoms with Crippen LogP contribution in [-0.4, -0.2) is 38.7 Å². The number of benzene rings is 1. The number of anilines is 1. The highest BCUT2D eigenvalue weighted by atomic mass is 32.2. The van der Waals surface area contributed by atoms with Crippen LogP contribution in [0.3, 0.4) is 0 Å². The van der Waals surface area contributed by atoms with Crippen molar-refractivity contribution in [1.29, 1.82) is 0 Å². The second kappa shape index (κ2) is 8.48. The van der Waals surface area contributed by atoms with Crippen molar-refractivity contribution in [2.24, 2.45) is 0 Å². The molecule has 0 aliphatic rings. The van der Waals surface area contributed by atoms with Gasteiger partial charge in [0.25, 0.3) is 0 Å². The quantitative estimate of drug-likeness (QED) is 0.769. The Balaban J connectivity index is 2.10. The Morgan fingerprint density at radius 2 is 2.04 bits per heavy atom. The Morgan fingerprint density at radius 3 is 2.68 bits per heavy atom. The van der Waals surface area contributed by atoms with Crippen molar-refractivity contribution in [3.63, 3.8) is 0 Å². The summed E-state index contributed by atoms with van der Waals surface area (Å²) in [4.78, 5) is 16.3. The van der Waals surface area contributed by atoms with Crippen LogP contribution in [0.25, 0.3) is 0 Å². The summed E-state index contributed by atoms with van der Waals surface area (Å²) >= 11 is 0. The molecule has 0 fully saturated rings. The highest BCUT2D eigenvalue weighted by Gasteiger charge is 2.21. The van der Waals surface area contributed by atoms with E-state index in [0.29, 0.717) is 23.7 Å². The number of nitrogens with one attached hydrogen (secondary N) is 1. The molecule has 0 saturated heterocycles. The minimum absolute atomic E-state index is 0.232. The highest BCUT2D eigenvalue weighted by Crippen LogP contribution is 2.23. The molecule has 1 N–H and O–H groups in total. The predicted molar refractivity (Wildman–Crippen MR) is 95.9 cm³/mol. The third-order valence-corrected chi connectivity index (χ3v) is 4.44. The third kappa shape index (κ3) is 5.75. The number of amides is 1. The zero-order valence-corrected chi connectivity index (χ0v) is 15.0. The van der Waals surface area contributed by atoms with E-state index in [1.807, 2.05) is 13.0 Å². The maximum Gasteiger partial charge on any atom is 0.241 e. The van der Waals surface area contributed by atoms with Crippen molar-refractivity contribution in [1.82, 2.24) is 10.3 Å². The first-order valence-corrected chi connectivity index (χ1v) is 9.62. The molecule has 0 atom stereocenters. The first kappa shape index (κ1) is 18.7. The van der Waals surface area contributed by atoms with Gasteiger partial charge in [-0.15, -0.1) is 0 Å². The molecule has 0 saturated carbocycles. The number of rotatable bonds is 8. The number of hydrogen-bond acceptors (Lipinski definition) is 5. The number of hydrogen-bond donors (Lipinski definition) is 1. The van der Waals surface area contributed by atoms with Gasteiger partial charge in [0, 0.05) is 12.3 Å². The number of nitrogens with zero attached hydrogens (tertiary/aromatic N) is 2. The topological polar surface area (TPSA) is 88.6 Å². The first-order chi connectivity index (χ1) is 11.9. The maximum atomic E-state index is 12.2. The normalized spacial score (nSPS) is 11.0. The molecule has 1 aromatic heterocycles. The molecule has 0 bridgehead atoms. The average Bonchev–Trinajstić information content (AvgIpc) is 2.58. The van der Waals surface area contributed by atoms with Crippen molar-refractivity contribution < 1.29 is 17.9 Å². The van der Waals surface area contributed by atoms with E-state index in [9.17, 15) is 13.2 Å². The summed E-state index contributed by atoms with van der Waals surface area (Å²) < 4.78 is 30.6. The van der Waals surface area contributed by atoms with E-state index < -0.39 is 15.9 Å². The standard InChI is InChI=1S/C17H21N3O4S/c1-3-24-16-9-6-8-15(11-16)20(25(2,22)23)13-17(21)19-12-14-7-4-5-10-18-14/h4-11H,3,12-13H2,1-2H3,(H,19,21). The Labute approximate surface area is 147 Å². The molecule has 1 aromatic carbocycles. The molecule has 2 aromatic rings. The van der Waals surface area contributed by atoms with Crippen LogP contribution in [0.4, 0.5) is 5.69 Å². The summed E-state index contributed by atoms with van der Waals surface area (Å²) in [5.41, 5.74) is 1.07. The SMILES string of the molecule is CCOc1cccc(N(CC(=O)NCc2ccccn2)S(C)(=O)=O)c1. The van der Waals surface area contributed by atoms with E-state index in [0.717, 1.165) is 10.6 Å². The number of pyridine rings is 1. The molecule has 8 heteroatoms. The van der Waals surface area contributed by atoms with E-state index >= 15 is 0 Å². The van der Waals surface area contributed by atoms with Crippen molar-refractivity contribution in [3.05, 3.63) is 54.4 Å². The number of carbonyl (C=O) groups is 1. The molecular weight excluding hydrogens is 342 g/mol. The first-order valence-electron chi connectivity index (χ1n) is 7.77. The highest BCUT2D eigenvalue weighted by molar-refractivity contribution is 7.92. The lowest BCUT2D eigenvalue weighted by Crippen LogP contribution is -2.40.